The van der Waals surface area contributed by atoms with Gasteiger partial charge in [0.2, 0.25) is 0 Å². The van der Waals surface area contributed by atoms with Crippen LogP contribution in [0.2, 0.25) is 0 Å². The second-order valence-electron chi connectivity index (χ2n) is 6.91. The average molecular weight is 236 g/mol. The van der Waals surface area contributed by atoms with Gasteiger partial charge in [0, 0.05) is 10.8 Å². The largest absolute Gasteiger partial charge is 0.390 e. The molecular formula is C14H20O3. The number of rotatable bonds is 2. The van der Waals surface area contributed by atoms with Gasteiger partial charge in [0.1, 0.15) is 11.6 Å². The van der Waals surface area contributed by atoms with E-state index in [1.807, 2.05) is 0 Å². The summed E-state index contributed by atoms with van der Waals surface area (Å²) in [6.07, 6.45) is 4.42. The molecule has 2 atom stereocenters. The summed E-state index contributed by atoms with van der Waals surface area (Å²) < 4.78 is 0. The lowest BCUT2D eigenvalue weighted by atomic mass is 9.41. The summed E-state index contributed by atoms with van der Waals surface area (Å²) >= 11 is 0. The Kier molecular flexibility index (Phi) is 2.01. The normalized spacial score (nSPS) is 51.6. The molecule has 4 saturated carbocycles. The predicted molar refractivity (Wildman–Crippen MR) is 62.4 cm³/mol. The van der Waals surface area contributed by atoms with Gasteiger partial charge in [0.25, 0.3) is 0 Å². The lowest BCUT2D eigenvalue weighted by Crippen LogP contribution is -2.63. The van der Waals surface area contributed by atoms with Gasteiger partial charge >= 0.3 is 0 Å². The zero-order valence-electron chi connectivity index (χ0n) is 10.6. The van der Waals surface area contributed by atoms with Crippen LogP contribution >= 0.6 is 0 Å². The van der Waals surface area contributed by atoms with Crippen molar-refractivity contribution in [2.75, 3.05) is 0 Å². The molecule has 0 saturated heterocycles. The molecule has 3 heteroatoms. The van der Waals surface area contributed by atoms with Gasteiger partial charge in [0.05, 0.1) is 5.60 Å². The van der Waals surface area contributed by atoms with Crippen LogP contribution in [0.25, 0.3) is 0 Å². The maximum Gasteiger partial charge on any atom is 0.136 e. The number of hydrogen-bond acceptors (Lipinski definition) is 3. The first-order chi connectivity index (χ1) is 7.79. The van der Waals surface area contributed by atoms with E-state index >= 15 is 0 Å². The third-order valence-corrected chi connectivity index (χ3v) is 5.53. The van der Waals surface area contributed by atoms with E-state index in [1.165, 1.54) is 0 Å². The third kappa shape index (κ3) is 1.38. The molecule has 17 heavy (non-hydrogen) atoms. The minimum atomic E-state index is -0.753. The standard InChI is InChI=1S/C14H20O3/c1-9(15)12-3-11-4-13(6-12,10(2)16)8-14(17,5-11)7-12/h11,17H,3-8H2,1-2H3. The number of hydrogen-bond donors (Lipinski definition) is 1. The first-order valence-electron chi connectivity index (χ1n) is 6.54. The first-order valence-corrected chi connectivity index (χ1v) is 6.54. The Hall–Kier alpha value is -0.700. The number of Topliss-reactive ketones (excluding diaryl/α,β-unsaturated/α-hetero) is 2. The molecule has 0 radical (unpaired) electrons. The van der Waals surface area contributed by atoms with E-state index in [-0.39, 0.29) is 11.6 Å². The quantitative estimate of drug-likeness (QED) is 0.796. The van der Waals surface area contributed by atoms with Crippen molar-refractivity contribution >= 4 is 11.6 Å². The molecule has 2 unspecified atom stereocenters. The summed E-state index contributed by atoms with van der Waals surface area (Å²) in [7, 11) is 0. The molecule has 0 aromatic heterocycles. The number of carbonyl (C=O) groups is 2. The van der Waals surface area contributed by atoms with Gasteiger partial charge in [-0.15, -0.1) is 0 Å². The first kappa shape index (κ1) is 11.4. The van der Waals surface area contributed by atoms with Gasteiger partial charge in [-0.25, -0.2) is 0 Å². The molecule has 4 aliphatic rings. The summed E-state index contributed by atoms with van der Waals surface area (Å²) in [6, 6.07) is 0. The molecule has 94 valence electrons. The Bertz CT molecular complexity index is 382. The van der Waals surface area contributed by atoms with Crippen LogP contribution in [0, 0.1) is 16.7 Å². The molecule has 0 spiro atoms. The Morgan fingerprint density at radius 1 is 0.941 bits per heavy atom. The minimum Gasteiger partial charge on any atom is -0.390 e. The van der Waals surface area contributed by atoms with Crippen molar-refractivity contribution in [2.24, 2.45) is 16.7 Å². The van der Waals surface area contributed by atoms with Crippen molar-refractivity contribution in [3.63, 3.8) is 0 Å². The third-order valence-electron chi connectivity index (χ3n) is 5.53. The molecule has 4 aliphatic carbocycles. The Balaban J connectivity index is 2.09. The van der Waals surface area contributed by atoms with E-state index < -0.39 is 16.4 Å². The monoisotopic (exact) mass is 236 g/mol. The molecule has 4 fully saturated rings. The van der Waals surface area contributed by atoms with Crippen LogP contribution in [0.3, 0.4) is 0 Å². The Morgan fingerprint density at radius 2 is 1.41 bits per heavy atom. The lowest BCUT2D eigenvalue weighted by molar-refractivity contribution is -0.201. The van der Waals surface area contributed by atoms with Crippen LogP contribution in [0.5, 0.6) is 0 Å². The highest BCUT2D eigenvalue weighted by atomic mass is 16.3. The van der Waals surface area contributed by atoms with Crippen molar-refractivity contribution in [3.05, 3.63) is 0 Å². The van der Waals surface area contributed by atoms with Crippen molar-refractivity contribution in [3.8, 4) is 0 Å². The topological polar surface area (TPSA) is 54.4 Å². The molecule has 0 heterocycles. The maximum atomic E-state index is 12.0. The van der Waals surface area contributed by atoms with Gasteiger partial charge in [0.15, 0.2) is 0 Å². The molecule has 4 bridgehead atoms. The zero-order valence-corrected chi connectivity index (χ0v) is 10.6. The van der Waals surface area contributed by atoms with Crippen LogP contribution in [0.1, 0.15) is 52.4 Å². The van der Waals surface area contributed by atoms with E-state index in [2.05, 4.69) is 0 Å². The fraction of sp³-hybridized carbons (Fsp3) is 0.857. The summed E-state index contributed by atoms with van der Waals surface area (Å²) in [6.45, 7) is 3.26. The van der Waals surface area contributed by atoms with Gasteiger partial charge in [-0.05, 0) is 58.3 Å². The molecule has 0 amide bonds. The van der Waals surface area contributed by atoms with Crippen LogP contribution in [-0.2, 0) is 9.59 Å². The van der Waals surface area contributed by atoms with Crippen molar-refractivity contribution in [1.82, 2.24) is 0 Å². The van der Waals surface area contributed by atoms with Crippen molar-refractivity contribution in [1.29, 1.82) is 0 Å². The van der Waals surface area contributed by atoms with E-state index in [0.717, 1.165) is 19.3 Å². The van der Waals surface area contributed by atoms with Crippen LogP contribution in [0.15, 0.2) is 0 Å². The number of ketones is 2. The zero-order chi connectivity index (χ0) is 12.5. The van der Waals surface area contributed by atoms with Gasteiger partial charge in [-0.3, -0.25) is 9.59 Å². The second kappa shape index (κ2) is 3.00. The summed E-state index contributed by atoms with van der Waals surface area (Å²) in [4.78, 5) is 24.0. The van der Waals surface area contributed by atoms with Crippen LogP contribution in [0.4, 0.5) is 0 Å². The SMILES string of the molecule is CC(=O)C12CC3CC(O)(C1)CC(C(C)=O)(C3)C2. The van der Waals surface area contributed by atoms with Gasteiger partial charge in [-0.1, -0.05) is 0 Å². The highest BCUT2D eigenvalue weighted by molar-refractivity contribution is 5.88. The number of carbonyl (C=O) groups excluding carboxylic acids is 2. The molecular weight excluding hydrogens is 216 g/mol. The highest BCUT2D eigenvalue weighted by Crippen LogP contribution is 2.67. The Morgan fingerprint density at radius 3 is 1.76 bits per heavy atom. The maximum absolute atomic E-state index is 12.0. The average Bonchev–Trinajstić information content (AvgIpc) is 2.12. The fourth-order valence-corrected chi connectivity index (χ4v) is 5.17. The summed E-state index contributed by atoms with van der Waals surface area (Å²) in [5.74, 6) is 0.709. The smallest absolute Gasteiger partial charge is 0.136 e. The molecule has 0 aromatic carbocycles. The molecule has 0 aromatic rings. The van der Waals surface area contributed by atoms with Crippen molar-refractivity contribution in [2.45, 2.75) is 58.0 Å². The van der Waals surface area contributed by atoms with Crippen LogP contribution in [-0.4, -0.2) is 22.3 Å². The number of aliphatic hydroxyl groups is 1. The van der Waals surface area contributed by atoms with Crippen molar-refractivity contribution < 1.29 is 14.7 Å². The van der Waals surface area contributed by atoms with Gasteiger partial charge in [-0.2, -0.15) is 0 Å². The molecule has 0 aliphatic heterocycles. The highest BCUT2D eigenvalue weighted by Gasteiger charge is 2.65. The van der Waals surface area contributed by atoms with Crippen LogP contribution < -0.4 is 0 Å². The summed E-state index contributed by atoms with van der Waals surface area (Å²) in [5, 5.41) is 10.6. The van der Waals surface area contributed by atoms with E-state index in [4.69, 9.17) is 0 Å². The fourth-order valence-electron chi connectivity index (χ4n) is 5.17. The predicted octanol–water partition coefficient (Wildman–Crippen LogP) is 1.87. The van der Waals surface area contributed by atoms with E-state index in [9.17, 15) is 14.7 Å². The molecule has 4 rings (SSSR count). The van der Waals surface area contributed by atoms with E-state index in [1.54, 1.807) is 13.8 Å². The molecule has 1 N–H and O–H groups in total. The summed E-state index contributed by atoms with van der Waals surface area (Å²) in [5.41, 5.74) is -1.56. The van der Waals surface area contributed by atoms with E-state index in [0.29, 0.717) is 25.2 Å². The second-order valence-corrected chi connectivity index (χ2v) is 6.91. The Labute approximate surface area is 102 Å². The molecule has 3 nitrogen and oxygen atoms in total. The minimum absolute atomic E-state index is 0.172. The lowest BCUT2D eigenvalue weighted by Gasteiger charge is -2.63. The van der Waals surface area contributed by atoms with Gasteiger partial charge < -0.3 is 5.11 Å².